The maximum Gasteiger partial charge on any atom is 0.416 e. The molecule has 1 heterocycles. The quantitative estimate of drug-likeness (QED) is 0.451. The smallest absolute Gasteiger partial charge is 0.208 e. The van der Waals surface area contributed by atoms with Gasteiger partial charge in [0.05, 0.1) is 11.1 Å². The normalized spacial score (nSPS) is 12.3. The van der Waals surface area contributed by atoms with Gasteiger partial charge in [0.2, 0.25) is 4.73 Å². The molecule has 0 radical (unpaired) electrons. The lowest BCUT2D eigenvalue weighted by molar-refractivity contribution is -0.138. The Labute approximate surface area is 157 Å². The Bertz CT molecular complexity index is 875. The van der Waals surface area contributed by atoms with Gasteiger partial charge < -0.3 is 0 Å². The van der Waals surface area contributed by atoms with Gasteiger partial charge in [-0.05, 0) is 40.2 Å². The van der Waals surface area contributed by atoms with Crippen molar-refractivity contribution in [2.24, 2.45) is 0 Å². The van der Waals surface area contributed by atoms with Crippen LogP contribution in [0.3, 0.4) is 0 Å². The van der Waals surface area contributed by atoms with Crippen LogP contribution in [-0.2, 0) is 12.4 Å². The number of rotatable bonds is 2. The second kappa shape index (κ2) is 6.91. The molecule has 0 saturated carbocycles. The summed E-state index contributed by atoms with van der Waals surface area (Å²) in [6.07, 6.45) is -8.94. The van der Waals surface area contributed by atoms with Crippen molar-refractivity contribution in [3.05, 3.63) is 64.4 Å². The molecule has 140 valence electrons. The van der Waals surface area contributed by atoms with Gasteiger partial charge in [0, 0.05) is 11.1 Å². The van der Waals surface area contributed by atoms with Crippen molar-refractivity contribution in [1.29, 1.82) is 0 Å². The van der Waals surface area contributed by atoms with Crippen molar-refractivity contribution in [3.8, 4) is 22.8 Å². The Balaban J connectivity index is 1.97. The highest BCUT2D eigenvalue weighted by molar-refractivity contribution is 9.10. The molecule has 0 atom stereocenters. The first kappa shape index (κ1) is 19.3. The second-order valence-electron chi connectivity index (χ2n) is 5.40. The third-order valence-corrected chi connectivity index (χ3v) is 3.90. The lowest BCUT2D eigenvalue weighted by atomic mass is 10.1. The Morgan fingerprint density at radius 1 is 0.556 bits per heavy atom. The second-order valence-corrected chi connectivity index (χ2v) is 6.11. The van der Waals surface area contributed by atoms with E-state index in [1.54, 1.807) is 0 Å². The Hall–Kier alpha value is -2.49. The molecule has 0 spiro atoms. The van der Waals surface area contributed by atoms with E-state index < -0.39 is 23.5 Å². The maximum atomic E-state index is 12.7. The summed E-state index contributed by atoms with van der Waals surface area (Å²) in [7, 11) is 0. The number of aromatic nitrogens is 3. The number of nitrogens with zero attached hydrogens (tertiary/aromatic N) is 3. The van der Waals surface area contributed by atoms with Crippen molar-refractivity contribution < 1.29 is 26.3 Å². The largest absolute Gasteiger partial charge is 0.416 e. The predicted octanol–water partition coefficient (Wildman–Crippen LogP) is 6.01. The molecular weight excluding hydrogens is 440 g/mol. The fourth-order valence-electron chi connectivity index (χ4n) is 2.22. The summed E-state index contributed by atoms with van der Waals surface area (Å²) in [5.74, 6) is 0.168. The topological polar surface area (TPSA) is 38.7 Å². The molecule has 0 aliphatic carbocycles. The zero-order valence-corrected chi connectivity index (χ0v) is 14.7. The van der Waals surface area contributed by atoms with E-state index in [2.05, 4.69) is 30.9 Å². The first-order valence-corrected chi connectivity index (χ1v) is 8.10. The van der Waals surface area contributed by atoms with Crippen LogP contribution in [-0.4, -0.2) is 15.0 Å². The van der Waals surface area contributed by atoms with Gasteiger partial charge >= 0.3 is 12.4 Å². The van der Waals surface area contributed by atoms with E-state index in [1.807, 2.05) is 0 Å². The van der Waals surface area contributed by atoms with Gasteiger partial charge in [-0.25, -0.2) is 15.0 Å². The van der Waals surface area contributed by atoms with Crippen LogP contribution in [0.1, 0.15) is 11.1 Å². The molecular formula is C17H8BrF6N3. The van der Waals surface area contributed by atoms with E-state index in [-0.39, 0.29) is 16.4 Å². The highest BCUT2D eigenvalue weighted by atomic mass is 79.9. The van der Waals surface area contributed by atoms with E-state index in [4.69, 9.17) is 0 Å². The molecule has 3 rings (SSSR count). The monoisotopic (exact) mass is 447 g/mol. The highest BCUT2D eigenvalue weighted by Gasteiger charge is 2.31. The van der Waals surface area contributed by atoms with Crippen molar-refractivity contribution in [3.63, 3.8) is 0 Å². The lowest BCUT2D eigenvalue weighted by Gasteiger charge is -2.09. The zero-order valence-electron chi connectivity index (χ0n) is 13.1. The molecule has 0 bridgehead atoms. The van der Waals surface area contributed by atoms with E-state index in [1.165, 1.54) is 24.3 Å². The van der Waals surface area contributed by atoms with E-state index >= 15 is 0 Å². The zero-order chi connectivity index (χ0) is 19.8. The molecule has 3 nitrogen and oxygen atoms in total. The summed E-state index contributed by atoms with van der Waals surface area (Å²) in [6.45, 7) is 0. The van der Waals surface area contributed by atoms with Crippen LogP contribution >= 0.6 is 15.9 Å². The molecule has 3 aromatic rings. The molecule has 0 amide bonds. The van der Waals surface area contributed by atoms with Crippen molar-refractivity contribution in [1.82, 2.24) is 15.0 Å². The van der Waals surface area contributed by atoms with Crippen molar-refractivity contribution in [2.45, 2.75) is 12.4 Å². The van der Waals surface area contributed by atoms with Crippen molar-refractivity contribution in [2.75, 3.05) is 0 Å². The Morgan fingerprint density at radius 2 is 0.889 bits per heavy atom. The molecule has 0 aliphatic rings. The average molecular weight is 448 g/mol. The summed E-state index contributed by atoms with van der Waals surface area (Å²) >= 11 is 3.08. The van der Waals surface area contributed by atoms with Gasteiger partial charge in [0.25, 0.3) is 0 Å². The molecule has 1 aromatic heterocycles. The molecule has 0 fully saturated rings. The lowest BCUT2D eigenvalue weighted by Crippen LogP contribution is -2.05. The summed E-state index contributed by atoms with van der Waals surface area (Å²) < 4.78 is 76.1. The van der Waals surface area contributed by atoms with Crippen LogP contribution in [0.2, 0.25) is 0 Å². The molecule has 0 N–H and O–H groups in total. The molecule has 0 saturated heterocycles. The molecule has 27 heavy (non-hydrogen) atoms. The number of alkyl halides is 6. The van der Waals surface area contributed by atoms with Crippen LogP contribution in [0.4, 0.5) is 26.3 Å². The summed E-state index contributed by atoms with van der Waals surface area (Å²) in [6, 6.07) is 8.41. The van der Waals surface area contributed by atoms with Crippen LogP contribution in [0.25, 0.3) is 22.8 Å². The van der Waals surface area contributed by atoms with Gasteiger partial charge in [-0.3, -0.25) is 0 Å². The minimum Gasteiger partial charge on any atom is -0.208 e. The number of hydrogen-bond acceptors (Lipinski definition) is 3. The molecule has 0 unspecified atom stereocenters. The Morgan fingerprint density at radius 3 is 1.19 bits per heavy atom. The first-order valence-electron chi connectivity index (χ1n) is 7.31. The molecule has 0 aliphatic heterocycles. The highest BCUT2D eigenvalue weighted by Crippen LogP contribution is 2.32. The van der Waals surface area contributed by atoms with E-state index in [0.29, 0.717) is 11.1 Å². The predicted molar refractivity (Wildman–Crippen MR) is 88.4 cm³/mol. The fraction of sp³-hybridized carbons (Fsp3) is 0.118. The summed E-state index contributed by atoms with van der Waals surface area (Å²) in [4.78, 5) is 12.2. The Kier molecular flexibility index (Phi) is 4.94. The number of halogens is 7. The third-order valence-electron chi connectivity index (χ3n) is 3.55. The van der Waals surface area contributed by atoms with Crippen molar-refractivity contribution >= 4 is 15.9 Å². The fourth-order valence-corrected chi connectivity index (χ4v) is 2.56. The average Bonchev–Trinajstić information content (AvgIpc) is 2.60. The van der Waals surface area contributed by atoms with Gasteiger partial charge in [-0.1, -0.05) is 24.3 Å². The maximum absolute atomic E-state index is 12.7. The summed E-state index contributed by atoms with van der Waals surface area (Å²) in [5.41, 5.74) is -1.02. The van der Waals surface area contributed by atoms with Gasteiger partial charge in [-0.2, -0.15) is 26.3 Å². The number of hydrogen-bond donors (Lipinski definition) is 0. The van der Waals surface area contributed by atoms with Gasteiger partial charge in [0.15, 0.2) is 11.6 Å². The van der Waals surface area contributed by atoms with Crippen LogP contribution < -0.4 is 0 Å². The minimum atomic E-state index is -4.47. The SMILES string of the molecule is FC(F)(F)c1ccc(-c2nc(Br)nc(-c3ccc(C(F)(F)F)cc3)n2)cc1. The third kappa shape index (κ3) is 4.44. The summed E-state index contributed by atoms with van der Waals surface area (Å²) in [5, 5.41) is 0. The van der Waals surface area contributed by atoms with E-state index in [9.17, 15) is 26.3 Å². The first-order chi connectivity index (χ1) is 12.5. The number of benzene rings is 2. The van der Waals surface area contributed by atoms with Gasteiger partial charge in [-0.15, -0.1) is 0 Å². The molecule has 2 aromatic carbocycles. The minimum absolute atomic E-state index is 0.0838. The van der Waals surface area contributed by atoms with Crippen LogP contribution in [0.5, 0.6) is 0 Å². The molecule has 10 heteroatoms. The van der Waals surface area contributed by atoms with E-state index in [0.717, 1.165) is 24.3 Å². The van der Waals surface area contributed by atoms with Crippen LogP contribution in [0, 0.1) is 0 Å². The van der Waals surface area contributed by atoms with Crippen LogP contribution in [0.15, 0.2) is 53.3 Å². The van der Waals surface area contributed by atoms with Gasteiger partial charge in [0.1, 0.15) is 0 Å². The standard InChI is InChI=1S/C17H8BrF6N3/c18-15-26-13(9-1-5-11(6-2-9)16(19,20)21)25-14(27-15)10-3-7-12(8-4-10)17(22,23)24/h1-8H.